The molecule has 3 aromatic rings. The van der Waals surface area contributed by atoms with E-state index in [1.54, 1.807) is 18.4 Å². The molecule has 25 heavy (non-hydrogen) atoms. The van der Waals surface area contributed by atoms with Crippen LogP contribution in [-0.2, 0) is 0 Å². The van der Waals surface area contributed by atoms with E-state index < -0.39 is 4.92 Å². The van der Waals surface area contributed by atoms with Crippen molar-refractivity contribution in [2.75, 3.05) is 5.01 Å². The average Bonchev–Trinajstić information content (AvgIpc) is 3.32. The number of rotatable bonds is 4. The molecule has 0 bridgehead atoms. The zero-order chi connectivity index (χ0) is 17.2. The maximum atomic E-state index is 10.9. The van der Waals surface area contributed by atoms with Crippen LogP contribution in [0.25, 0.3) is 0 Å². The highest BCUT2D eigenvalue weighted by Gasteiger charge is 2.31. The van der Waals surface area contributed by atoms with E-state index in [1.165, 1.54) is 12.1 Å². The first-order valence-electron chi connectivity index (χ1n) is 7.92. The summed E-state index contributed by atoms with van der Waals surface area (Å²) in [7, 11) is 0. The number of nitro groups is 1. The molecule has 0 fully saturated rings. The Hall–Kier alpha value is -3.41. The summed E-state index contributed by atoms with van der Waals surface area (Å²) in [6.45, 7) is 0. The maximum Gasteiger partial charge on any atom is 0.269 e. The largest absolute Gasteiger partial charge is 0.463 e. The lowest BCUT2D eigenvalue weighted by Gasteiger charge is -2.23. The van der Waals surface area contributed by atoms with Gasteiger partial charge in [0.2, 0.25) is 0 Å². The number of non-ortho nitro benzene ring substituents is 1. The predicted octanol–water partition coefficient (Wildman–Crippen LogP) is 4.54. The molecule has 2 heterocycles. The summed E-state index contributed by atoms with van der Waals surface area (Å²) in [5.74, 6) is 0.741. The van der Waals surface area contributed by atoms with Gasteiger partial charge >= 0.3 is 0 Å². The molecule has 2 aromatic carbocycles. The number of nitrogens with zero attached hydrogens (tertiary/aromatic N) is 3. The summed E-state index contributed by atoms with van der Waals surface area (Å²) in [5.41, 5.74) is 2.86. The third kappa shape index (κ3) is 2.89. The molecule has 1 atom stereocenters. The van der Waals surface area contributed by atoms with E-state index in [4.69, 9.17) is 9.52 Å². The molecule has 1 aromatic heterocycles. The van der Waals surface area contributed by atoms with Crippen LogP contribution in [0.3, 0.4) is 0 Å². The van der Waals surface area contributed by atoms with Crippen molar-refractivity contribution < 1.29 is 9.34 Å². The van der Waals surface area contributed by atoms with E-state index in [9.17, 15) is 10.1 Å². The third-order valence-electron chi connectivity index (χ3n) is 4.23. The first-order chi connectivity index (χ1) is 12.2. The molecule has 0 aliphatic carbocycles. The molecule has 6 nitrogen and oxygen atoms in total. The Morgan fingerprint density at radius 1 is 1.04 bits per heavy atom. The zero-order valence-corrected chi connectivity index (χ0v) is 13.3. The lowest BCUT2D eigenvalue weighted by atomic mass is 10.0. The molecule has 124 valence electrons. The Bertz CT molecular complexity index is 903. The summed E-state index contributed by atoms with van der Waals surface area (Å²) in [5, 5.41) is 17.5. The first-order valence-corrected chi connectivity index (χ1v) is 7.92. The van der Waals surface area contributed by atoms with Crippen molar-refractivity contribution in [1.29, 1.82) is 0 Å². The Morgan fingerprint density at radius 3 is 2.44 bits per heavy atom. The van der Waals surface area contributed by atoms with Crippen LogP contribution in [0.15, 0.2) is 82.5 Å². The third-order valence-corrected chi connectivity index (χ3v) is 4.23. The van der Waals surface area contributed by atoms with Crippen molar-refractivity contribution >= 4 is 17.1 Å². The molecule has 0 N–H and O–H groups in total. The van der Waals surface area contributed by atoms with Gasteiger partial charge in [0.15, 0.2) is 0 Å². The van der Waals surface area contributed by atoms with Gasteiger partial charge in [-0.15, -0.1) is 0 Å². The van der Waals surface area contributed by atoms with Gasteiger partial charge in [-0.25, -0.2) is 0 Å². The maximum absolute atomic E-state index is 10.9. The average molecular weight is 333 g/mol. The Labute approximate surface area is 144 Å². The minimum atomic E-state index is -0.403. The lowest BCUT2D eigenvalue weighted by molar-refractivity contribution is -0.384. The van der Waals surface area contributed by atoms with Crippen LogP contribution in [0.5, 0.6) is 0 Å². The van der Waals surface area contributed by atoms with E-state index in [0.29, 0.717) is 6.42 Å². The molecule has 0 amide bonds. The van der Waals surface area contributed by atoms with E-state index >= 15 is 0 Å². The van der Waals surface area contributed by atoms with Gasteiger partial charge in [-0.1, -0.05) is 30.3 Å². The molecular weight excluding hydrogens is 318 g/mol. The smallest absolute Gasteiger partial charge is 0.269 e. The Morgan fingerprint density at radius 2 is 1.80 bits per heavy atom. The molecule has 1 aliphatic heterocycles. The number of furan rings is 1. The van der Waals surface area contributed by atoms with Gasteiger partial charge in [0.05, 0.1) is 22.9 Å². The second-order valence-corrected chi connectivity index (χ2v) is 5.77. The predicted molar refractivity (Wildman–Crippen MR) is 94.6 cm³/mol. The SMILES string of the molecule is O=[N+]([O-])c1ccc(N2N=C(c3ccco3)CC2c2ccccc2)cc1. The van der Waals surface area contributed by atoms with Crippen molar-refractivity contribution in [2.24, 2.45) is 5.10 Å². The van der Waals surface area contributed by atoms with Crippen LogP contribution in [0.4, 0.5) is 11.4 Å². The fourth-order valence-electron chi connectivity index (χ4n) is 3.00. The van der Waals surface area contributed by atoms with Gasteiger partial charge < -0.3 is 4.42 Å². The number of hydrogen-bond acceptors (Lipinski definition) is 5. The van der Waals surface area contributed by atoms with Gasteiger partial charge in [-0.05, 0) is 29.8 Å². The van der Waals surface area contributed by atoms with E-state index in [2.05, 4.69) is 12.1 Å². The molecule has 6 heteroatoms. The van der Waals surface area contributed by atoms with Gasteiger partial charge in [-0.2, -0.15) is 5.10 Å². The minimum Gasteiger partial charge on any atom is -0.463 e. The number of hydrogen-bond donors (Lipinski definition) is 0. The second-order valence-electron chi connectivity index (χ2n) is 5.77. The van der Waals surface area contributed by atoms with Crippen LogP contribution >= 0.6 is 0 Å². The highest BCUT2D eigenvalue weighted by atomic mass is 16.6. The number of benzene rings is 2. The number of hydrazone groups is 1. The van der Waals surface area contributed by atoms with E-state index in [1.807, 2.05) is 35.3 Å². The molecule has 0 saturated carbocycles. The van der Waals surface area contributed by atoms with Crippen LogP contribution in [0.1, 0.15) is 23.8 Å². The van der Waals surface area contributed by atoms with Gasteiger partial charge in [-0.3, -0.25) is 15.1 Å². The van der Waals surface area contributed by atoms with E-state index in [0.717, 1.165) is 22.7 Å². The summed E-state index contributed by atoms with van der Waals surface area (Å²) >= 11 is 0. The fourth-order valence-corrected chi connectivity index (χ4v) is 3.00. The first kappa shape index (κ1) is 15.1. The molecule has 0 radical (unpaired) electrons. The normalized spacial score (nSPS) is 16.7. The van der Waals surface area contributed by atoms with Crippen molar-refractivity contribution in [3.8, 4) is 0 Å². The minimum absolute atomic E-state index is 0.0164. The summed E-state index contributed by atoms with van der Waals surface area (Å²) < 4.78 is 5.49. The van der Waals surface area contributed by atoms with E-state index in [-0.39, 0.29) is 11.7 Å². The summed E-state index contributed by atoms with van der Waals surface area (Å²) in [6, 6.07) is 20.3. The highest BCUT2D eigenvalue weighted by molar-refractivity contribution is 6.01. The fraction of sp³-hybridized carbons (Fsp3) is 0.105. The molecule has 0 spiro atoms. The molecule has 1 unspecified atom stereocenters. The topological polar surface area (TPSA) is 71.9 Å². The van der Waals surface area contributed by atoms with Crippen molar-refractivity contribution in [3.05, 3.63) is 94.4 Å². The van der Waals surface area contributed by atoms with Crippen LogP contribution in [0.2, 0.25) is 0 Å². The zero-order valence-electron chi connectivity index (χ0n) is 13.3. The molecular formula is C19H15N3O3. The highest BCUT2D eigenvalue weighted by Crippen LogP contribution is 2.37. The van der Waals surface area contributed by atoms with Gasteiger partial charge in [0, 0.05) is 18.6 Å². The standard InChI is InChI=1S/C19H15N3O3/c23-22(24)16-10-8-15(9-11-16)21-18(14-5-2-1-3-6-14)13-17(20-21)19-7-4-12-25-19/h1-12,18H,13H2. The molecule has 4 rings (SSSR count). The van der Waals surface area contributed by atoms with Crippen molar-refractivity contribution in [3.63, 3.8) is 0 Å². The number of nitro benzene ring substituents is 1. The molecule has 1 aliphatic rings. The van der Waals surface area contributed by atoms with Gasteiger partial charge in [0.1, 0.15) is 11.5 Å². The number of anilines is 1. The Balaban J connectivity index is 1.73. The second kappa shape index (κ2) is 6.24. The monoisotopic (exact) mass is 333 g/mol. The van der Waals surface area contributed by atoms with Crippen molar-refractivity contribution in [2.45, 2.75) is 12.5 Å². The van der Waals surface area contributed by atoms with Crippen molar-refractivity contribution in [1.82, 2.24) is 0 Å². The van der Waals surface area contributed by atoms with Crippen LogP contribution in [-0.4, -0.2) is 10.6 Å². The lowest BCUT2D eigenvalue weighted by Crippen LogP contribution is -2.18. The molecule has 0 saturated heterocycles. The summed E-state index contributed by atoms with van der Waals surface area (Å²) in [4.78, 5) is 10.5. The van der Waals surface area contributed by atoms with Crippen LogP contribution in [0, 0.1) is 10.1 Å². The van der Waals surface area contributed by atoms with Crippen LogP contribution < -0.4 is 5.01 Å². The summed E-state index contributed by atoms with van der Waals surface area (Å²) in [6.07, 6.45) is 2.33. The quantitative estimate of drug-likeness (QED) is 0.519. The van der Waals surface area contributed by atoms with Gasteiger partial charge in [0.25, 0.3) is 5.69 Å². The Kier molecular flexibility index (Phi) is 3.78.